The first-order valence-corrected chi connectivity index (χ1v) is 6.51. The number of imidazole rings is 1. The van der Waals surface area contributed by atoms with E-state index in [1.165, 1.54) is 6.92 Å². The minimum Gasteiger partial charge on any atom is -0.355 e. The Morgan fingerprint density at radius 3 is 2.85 bits per heavy atom. The fraction of sp³-hybridized carbons (Fsp3) is 0.667. The van der Waals surface area contributed by atoms with Crippen LogP contribution in [-0.2, 0) is 23.9 Å². The first-order valence-electron chi connectivity index (χ1n) is 6.51. The molecule has 0 bridgehead atoms. The summed E-state index contributed by atoms with van der Waals surface area (Å²) in [5, 5.41) is 5.53. The number of carbonyl (C=O) groups excluding carboxylic acids is 1. The number of halogens is 3. The lowest BCUT2D eigenvalue weighted by atomic mass is 10.1. The number of aromatic nitrogens is 2. The summed E-state index contributed by atoms with van der Waals surface area (Å²) < 4.78 is 40.4. The van der Waals surface area contributed by atoms with Crippen molar-refractivity contribution in [3.63, 3.8) is 0 Å². The summed E-state index contributed by atoms with van der Waals surface area (Å²) >= 11 is 0. The molecule has 5 nitrogen and oxygen atoms in total. The molecule has 8 heteroatoms. The molecule has 0 saturated heterocycles. The third kappa shape index (κ3) is 2.65. The normalized spacial score (nSPS) is 16.6. The van der Waals surface area contributed by atoms with Crippen LogP contribution in [0.3, 0.4) is 0 Å². The predicted octanol–water partition coefficient (Wildman–Crippen LogP) is 1.24. The van der Waals surface area contributed by atoms with Gasteiger partial charge in [0.05, 0.1) is 5.69 Å². The van der Waals surface area contributed by atoms with Gasteiger partial charge in [-0.05, 0) is 13.8 Å². The summed E-state index contributed by atoms with van der Waals surface area (Å²) in [7, 11) is 0. The van der Waals surface area contributed by atoms with E-state index in [1.54, 1.807) is 6.92 Å². The molecule has 1 aliphatic rings. The average Bonchev–Trinajstić information content (AvgIpc) is 2.77. The summed E-state index contributed by atoms with van der Waals surface area (Å²) in [6.45, 7) is 4.45. The van der Waals surface area contributed by atoms with Gasteiger partial charge in [0, 0.05) is 31.7 Å². The Labute approximate surface area is 114 Å². The highest BCUT2D eigenvalue weighted by Crippen LogP contribution is 2.33. The van der Waals surface area contributed by atoms with E-state index in [0.29, 0.717) is 37.4 Å². The Morgan fingerprint density at radius 1 is 1.55 bits per heavy atom. The van der Waals surface area contributed by atoms with Crippen LogP contribution in [0.15, 0.2) is 0 Å². The molecule has 2 N–H and O–H groups in total. The van der Waals surface area contributed by atoms with Crippen molar-refractivity contribution in [1.82, 2.24) is 20.2 Å². The molecular formula is C12H17F3N4O. The molecule has 0 aliphatic carbocycles. The summed E-state index contributed by atoms with van der Waals surface area (Å²) in [5.74, 6) is -1.43. The first kappa shape index (κ1) is 14.8. The van der Waals surface area contributed by atoms with Gasteiger partial charge in [0.15, 0.2) is 0 Å². The molecular weight excluding hydrogens is 273 g/mol. The van der Waals surface area contributed by atoms with Crippen LogP contribution in [-0.4, -0.2) is 28.5 Å². The van der Waals surface area contributed by atoms with Gasteiger partial charge in [-0.1, -0.05) is 0 Å². The van der Waals surface area contributed by atoms with E-state index in [1.807, 2.05) is 0 Å². The third-order valence-electron chi connectivity index (χ3n) is 3.30. The molecule has 1 amide bonds. The van der Waals surface area contributed by atoms with E-state index in [4.69, 9.17) is 0 Å². The van der Waals surface area contributed by atoms with Crippen LogP contribution in [0.4, 0.5) is 13.2 Å². The highest BCUT2D eigenvalue weighted by molar-refractivity contribution is 5.80. The van der Waals surface area contributed by atoms with Crippen LogP contribution < -0.4 is 10.6 Å². The fourth-order valence-electron chi connectivity index (χ4n) is 2.39. The Balaban J connectivity index is 2.48. The van der Waals surface area contributed by atoms with Crippen LogP contribution in [0.1, 0.15) is 37.1 Å². The maximum Gasteiger partial charge on any atom is 0.449 e. The van der Waals surface area contributed by atoms with E-state index < -0.39 is 23.9 Å². The number of fused-ring (bicyclic) bond motifs is 1. The van der Waals surface area contributed by atoms with Gasteiger partial charge in [0.2, 0.25) is 11.7 Å². The number of hydrogen-bond donors (Lipinski definition) is 2. The Bertz CT molecular complexity index is 510. The van der Waals surface area contributed by atoms with Gasteiger partial charge in [-0.25, -0.2) is 4.98 Å². The minimum absolute atomic E-state index is 0.299. The van der Waals surface area contributed by atoms with Crippen molar-refractivity contribution in [2.24, 2.45) is 0 Å². The number of amides is 1. The monoisotopic (exact) mass is 290 g/mol. The van der Waals surface area contributed by atoms with Crippen molar-refractivity contribution in [3.05, 3.63) is 17.2 Å². The molecule has 1 aliphatic heterocycles. The Kier molecular flexibility index (Phi) is 4.03. The Morgan fingerprint density at radius 2 is 2.25 bits per heavy atom. The zero-order chi connectivity index (χ0) is 14.9. The highest BCUT2D eigenvalue weighted by Gasteiger charge is 2.41. The molecule has 0 fully saturated rings. The quantitative estimate of drug-likeness (QED) is 0.880. The minimum atomic E-state index is -4.57. The van der Waals surface area contributed by atoms with E-state index in [2.05, 4.69) is 15.6 Å². The number of likely N-dealkylation sites (N-methyl/N-ethyl adjacent to an activating group) is 1. The molecule has 0 spiro atoms. The number of alkyl halides is 3. The summed E-state index contributed by atoms with van der Waals surface area (Å²) in [5.41, 5.74) is 0.870. The van der Waals surface area contributed by atoms with Gasteiger partial charge in [-0.2, -0.15) is 13.2 Å². The number of hydrogen-bond acceptors (Lipinski definition) is 3. The number of rotatable bonds is 3. The number of nitrogens with zero attached hydrogens (tertiary/aromatic N) is 2. The van der Waals surface area contributed by atoms with E-state index in [0.717, 1.165) is 4.57 Å². The topological polar surface area (TPSA) is 59.0 Å². The molecule has 1 aromatic heterocycles. The van der Waals surface area contributed by atoms with E-state index >= 15 is 0 Å². The van der Waals surface area contributed by atoms with Crippen molar-refractivity contribution >= 4 is 5.91 Å². The largest absolute Gasteiger partial charge is 0.449 e. The van der Waals surface area contributed by atoms with Crippen LogP contribution in [0.2, 0.25) is 0 Å². The van der Waals surface area contributed by atoms with Crippen LogP contribution >= 0.6 is 0 Å². The maximum atomic E-state index is 13.1. The predicted molar refractivity (Wildman–Crippen MR) is 66.0 cm³/mol. The van der Waals surface area contributed by atoms with Crippen molar-refractivity contribution < 1.29 is 18.0 Å². The zero-order valence-corrected chi connectivity index (χ0v) is 11.3. The van der Waals surface area contributed by atoms with Gasteiger partial charge < -0.3 is 15.2 Å². The zero-order valence-electron chi connectivity index (χ0n) is 11.3. The molecule has 0 radical (unpaired) electrons. The lowest BCUT2D eigenvalue weighted by Gasteiger charge is -2.21. The highest BCUT2D eigenvalue weighted by atomic mass is 19.4. The fourth-order valence-corrected chi connectivity index (χ4v) is 2.39. The number of carbonyl (C=O) groups is 1. The summed E-state index contributed by atoms with van der Waals surface area (Å²) in [6.07, 6.45) is -4.14. The molecule has 0 saturated carbocycles. The van der Waals surface area contributed by atoms with E-state index in [-0.39, 0.29) is 0 Å². The van der Waals surface area contributed by atoms with Gasteiger partial charge in [0.25, 0.3) is 0 Å². The number of nitrogens with one attached hydrogen (secondary N) is 2. The van der Waals surface area contributed by atoms with Crippen LogP contribution in [0.25, 0.3) is 0 Å². The van der Waals surface area contributed by atoms with Crippen molar-refractivity contribution in [3.8, 4) is 0 Å². The lowest BCUT2D eigenvalue weighted by molar-refractivity contribution is -0.148. The van der Waals surface area contributed by atoms with Crippen molar-refractivity contribution in [2.45, 2.75) is 39.0 Å². The molecule has 20 heavy (non-hydrogen) atoms. The standard InChI is InChI=1S/C12H17F3N4O/c1-3-17-10(20)7(2)19-9-4-5-16-6-8(9)18-11(19)12(13,14)15/h7,16H,3-6H2,1-2H3,(H,17,20). The molecule has 1 unspecified atom stereocenters. The summed E-state index contributed by atoms with van der Waals surface area (Å²) in [4.78, 5) is 15.5. The van der Waals surface area contributed by atoms with Crippen LogP contribution in [0.5, 0.6) is 0 Å². The van der Waals surface area contributed by atoms with E-state index in [9.17, 15) is 18.0 Å². The van der Waals surface area contributed by atoms with Gasteiger partial charge in [-0.3, -0.25) is 4.79 Å². The maximum absolute atomic E-state index is 13.1. The SMILES string of the molecule is CCNC(=O)C(C)n1c(C(F)(F)F)nc2c1CCNC2. The Hall–Kier alpha value is -1.57. The molecule has 0 aromatic carbocycles. The first-order chi connectivity index (χ1) is 9.36. The smallest absolute Gasteiger partial charge is 0.355 e. The molecule has 1 aromatic rings. The van der Waals surface area contributed by atoms with Gasteiger partial charge in [0.1, 0.15) is 6.04 Å². The van der Waals surface area contributed by atoms with Gasteiger partial charge in [-0.15, -0.1) is 0 Å². The second-order valence-electron chi connectivity index (χ2n) is 4.69. The molecule has 2 heterocycles. The average molecular weight is 290 g/mol. The summed E-state index contributed by atoms with van der Waals surface area (Å²) in [6, 6.07) is -0.930. The third-order valence-corrected chi connectivity index (χ3v) is 3.30. The van der Waals surface area contributed by atoms with Crippen LogP contribution in [0, 0.1) is 0 Å². The molecule has 2 rings (SSSR count). The molecule has 1 atom stereocenters. The molecule has 112 valence electrons. The lowest BCUT2D eigenvalue weighted by Crippen LogP contribution is -2.34. The van der Waals surface area contributed by atoms with Crippen molar-refractivity contribution in [2.75, 3.05) is 13.1 Å². The second-order valence-corrected chi connectivity index (χ2v) is 4.69. The van der Waals surface area contributed by atoms with Crippen molar-refractivity contribution in [1.29, 1.82) is 0 Å². The van der Waals surface area contributed by atoms with Gasteiger partial charge >= 0.3 is 6.18 Å². The second kappa shape index (κ2) is 5.43.